The quantitative estimate of drug-likeness (QED) is 0.540. The van der Waals surface area contributed by atoms with E-state index in [1.54, 1.807) is 0 Å². The van der Waals surface area contributed by atoms with Crippen LogP contribution in [0.15, 0.2) is 77.5 Å². The fraction of sp³-hybridized carbons (Fsp3) is 0.385. The van der Waals surface area contributed by atoms with Crippen LogP contribution in [-0.4, -0.2) is 11.2 Å². The second kappa shape index (κ2) is 7.81. The van der Waals surface area contributed by atoms with Gasteiger partial charge in [0.15, 0.2) is 0 Å². The fourth-order valence-corrected chi connectivity index (χ4v) is 5.30. The summed E-state index contributed by atoms with van der Waals surface area (Å²) in [4.78, 5) is 0. The number of rotatable bonds is 5. The van der Waals surface area contributed by atoms with Gasteiger partial charge in [-0.1, -0.05) is 60.5 Å². The molecule has 152 valence electrons. The Balaban J connectivity index is 1.56. The van der Waals surface area contributed by atoms with E-state index in [0.29, 0.717) is 0 Å². The van der Waals surface area contributed by atoms with E-state index in [1.165, 1.54) is 22.3 Å². The van der Waals surface area contributed by atoms with Crippen LogP contribution in [0, 0.1) is 18.3 Å². The fourth-order valence-electron chi connectivity index (χ4n) is 5.30. The summed E-state index contributed by atoms with van der Waals surface area (Å²) in [5, 5.41) is 12.9. The van der Waals surface area contributed by atoms with Gasteiger partial charge in [0, 0.05) is 0 Å². The van der Waals surface area contributed by atoms with Crippen molar-refractivity contribution in [3.63, 3.8) is 0 Å². The summed E-state index contributed by atoms with van der Waals surface area (Å²) < 4.78 is 0. The van der Waals surface area contributed by atoms with Gasteiger partial charge in [0.05, 0.1) is 17.5 Å². The Labute approximate surface area is 174 Å². The zero-order chi connectivity index (χ0) is 20.6. The normalized spacial score (nSPS) is 24.9. The molecule has 2 aromatic carbocycles. The monoisotopic (exact) mass is 388 g/mol. The lowest BCUT2D eigenvalue weighted by atomic mass is 9.67. The topological polar surface area (TPSA) is 49.5 Å². The van der Waals surface area contributed by atoms with E-state index in [4.69, 9.17) is 5.84 Å². The standard InChI is InChI=1S/C26H32N2O/c1-18-9-12-22(13-10-18)28(27)24-16-21-11-14-23(26(21,3)17-19(24)2)25(29)15-20-7-5-4-6-8-20/h4-10,12-13,16,23,25,29H,11,14-15,17,27H2,1-3H3. The van der Waals surface area contributed by atoms with Crippen molar-refractivity contribution in [2.75, 3.05) is 5.01 Å². The molecule has 3 nitrogen and oxygen atoms in total. The second-order valence-electron chi connectivity index (χ2n) is 9.04. The first-order valence-electron chi connectivity index (χ1n) is 10.6. The molecule has 2 aromatic rings. The number of allylic oxidation sites excluding steroid dienone is 3. The molecule has 3 unspecified atom stereocenters. The minimum absolute atomic E-state index is 0.00982. The van der Waals surface area contributed by atoms with E-state index >= 15 is 0 Å². The number of aliphatic hydroxyl groups excluding tert-OH is 1. The number of nitrogens with zero attached hydrogens (tertiary/aromatic N) is 1. The number of fused-ring (bicyclic) bond motifs is 1. The molecular weight excluding hydrogens is 356 g/mol. The molecule has 3 N–H and O–H groups in total. The Kier molecular flexibility index (Phi) is 5.37. The predicted octanol–water partition coefficient (Wildman–Crippen LogP) is 5.30. The third-order valence-corrected chi connectivity index (χ3v) is 6.98. The molecule has 0 bridgehead atoms. The minimum Gasteiger partial charge on any atom is -0.392 e. The van der Waals surface area contributed by atoms with Gasteiger partial charge in [-0.05, 0) is 80.2 Å². The maximum atomic E-state index is 11.1. The highest BCUT2D eigenvalue weighted by Crippen LogP contribution is 2.55. The summed E-state index contributed by atoms with van der Waals surface area (Å²) in [6.07, 6.45) is 5.69. The lowest BCUT2D eigenvalue weighted by Crippen LogP contribution is -2.38. The van der Waals surface area contributed by atoms with Gasteiger partial charge >= 0.3 is 0 Å². The van der Waals surface area contributed by atoms with Crippen molar-refractivity contribution in [2.45, 2.75) is 52.6 Å². The lowest BCUT2D eigenvalue weighted by molar-refractivity contribution is 0.0562. The van der Waals surface area contributed by atoms with Crippen LogP contribution in [-0.2, 0) is 6.42 Å². The minimum atomic E-state index is -0.325. The number of nitrogens with two attached hydrogens (primary N) is 1. The molecule has 0 aliphatic heterocycles. The van der Waals surface area contributed by atoms with Crippen LogP contribution in [0.3, 0.4) is 0 Å². The molecule has 4 rings (SSSR count). The van der Waals surface area contributed by atoms with Crippen molar-refractivity contribution in [3.8, 4) is 0 Å². The number of hydrogen-bond acceptors (Lipinski definition) is 3. The van der Waals surface area contributed by atoms with Crippen LogP contribution >= 0.6 is 0 Å². The molecule has 1 saturated carbocycles. The Morgan fingerprint density at radius 2 is 1.79 bits per heavy atom. The van der Waals surface area contributed by atoms with Crippen LogP contribution in [0.25, 0.3) is 0 Å². The molecule has 2 aliphatic rings. The lowest BCUT2D eigenvalue weighted by Gasteiger charge is -2.40. The number of anilines is 1. The summed E-state index contributed by atoms with van der Waals surface area (Å²) in [7, 11) is 0. The maximum absolute atomic E-state index is 11.1. The summed E-state index contributed by atoms with van der Waals surface area (Å²) in [5.74, 6) is 6.79. The van der Waals surface area contributed by atoms with Gasteiger partial charge in [0.1, 0.15) is 0 Å². The average Bonchev–Trinajstić information content (AvgIpc) is 3.04. The van der Waals surface area contributed by atoms with Gasteiger partial charge in [-0.15, -0.1) is 0 Å². The van der Waals surface area contributed by atoms with Gasteiger partial charge in [0.2, 0.25) is 0 Å². The first kappa shape index (κ1) is 19.9. The van der Waals surface area contributed by atoms with Crippen molar-refractivity contribution in [2.24, 2.45) is 17.2 Å². The number of aliphatic hydroxyl groups is 1. The van der Waals surface area contributed by atoms with E-state index in [9.17, 15) is 5.11 Å². The van der Waals surface area contributed by atoms with Crippen LogP contribution in [0.5, 0.6) is 0 Å². The molecule has 3 heteroatoms. The third-order valence-electron chi connectivity index (χ3n) is 6.98. The first-order chi connectivity index (χ1) is 13.9. The first-order valence-corrected chi connectivity index (χ1v) is 10.6. The van der Waals surface area contributed by atoms with Crippen molar-refractivity contribution < 1.29 is 5.11 Å². The number of benzene rings is 2. The van der Waals surface area contributed by atoms with Crippen LogP contribution in [0.1, 0.15) is 44.2 Å². The molecule has 3 atom stereocenters. The SMILES string of the molecule is CC1=C(N(N)c2ccc(C)cc2)C=C2CCC(C(O)Cc3ccccc3)C2(C)C1. The number of hydrogen-bond donors (Lipinski definition) is 2. The summed E-state index contributed by atoms with van der Waals surface area (Å²) in [6, 6.07) is 18.7. The summed E-state index contributed by atoms with van der Waals surface area (Å²) >= 11 is 0. The number of hydrazine groups is 1. The zero-order valence-electron chi connectivity index (χ0n) is 17.7. The van der Waals surface area contributed by atoms with Crippen LogP contribution in [0.2, 0.25) is 0 Å². The van der Waals surface area contributed by atoms with Crippen molar-refractivity contribution in [1.29, 1.82) is 0 Å². The van der Waals surface area contributed by atoms with Gasteiger partial charge in [-0.25, -0.2) is 5.84 Å². The van der Waals surface area contributed by atoms with Crippen molar-refractivity contribution in [1.82, 2.24) is 0 Å². The predicted molar refractivity (Wildman–Crippen MR) is 120 cm³/mol. The molecule has 0 radical (unpaired) electrons. The van der Waals surface area contributed by atoms with Crippen molar-refractivity contribution in [3.05, 3.63) is 88.6 Å². The van der Waals surface area contributed by atoms with Crippen LogP contribution < -0.4 is 10.9 Å². The molecule has 0 spiro atoms. The Bertz CT molecular complexity index is 929. The molecule has 29 heavy (non-hydrogen) atoms. The smallest absolute Gasteiger partial charge is 0.0617 e. The highest BCUT2D eigenvalue weighted by atomic mass is 16.3. The second-order valence-corrected chi connectivity index (χ2v) is 9.04. The molecule has 0 amide bonds. The van der Waals surface area contributed by atoms with E-state index in [1.807, 2.05) is 23.2 Å². The van der Waals surface area contributed by atoms with Crippen molar-refractivity contribution >= 4 is 5.69 Å². The highest BCUT2D eigenvalue weighted by molar-refractivity contribution is 5.57. The molecule has 0 heterocycles. The van der Waals surface area contributed by atoms with Gasteiger partial charge in [0.25, 0.3) is 0 Å². The summed E-state index contributed by atoms with van der Waals surface area (Å²) in [6.45, 7) is 6.60. The molecule has 0 aromatic heterocycles. The Morgan fingerprint density at radius 3 is 2.48 bits per heavy atom. The molecule has 2 aliphatic carbocycles. The van der Waals surface area contributed by atoms with Gasteiger partial charge < -0.3 is 5.11 Å². The van der Waals surface area contributed by atoms with Crippen LogP contribution in [0.4, 0.5) is 5.69 Å². The molecule has 0 saturated heterocycles. The van der Waals surface area contributed by atoms with Gasteiger partial charge in [-0.2, -0.15) is 0 Å². The zero-order valence-corrected chi connectivity index (χ0v) is 17.7. The summed E-state index contributed by atoms with van der Waals surface area (Å²) in [5.41, 5.74) is 7.26. The Hall–Kier alpha value is -2.36. The molecule has 1 fully saturated rings. The number of aryl methyl sites for hydroxylation is 1. The third kappa shape index (κ3) is 3.77. The van der Waals surface area contributed by atoms with Gasteiger partial charge in [-0.3, -0.25) is 5.01 Å². The van der Waals surface area contributed by atoms with E-state index in [0.717, 1.165) is 37.1 Å². The largest absolute Gasteiger partial charge is 0.392 e. The highest BCUT2D eigenvalue weighted by Gasteiger charge is 2.47. The van der Waals surface area contributed by atoms with E-state index in [-0.39, 0.29) is 17.4 Å². The average molecular weight is 389 g/mol. The molecular formula is C26H32N2O. The Morgan fingerprint density at radius 1 is 1.10 bits per heavy atom. The maximum Gasteiger partial charge on any atom is 0.0617 e. The van der Waals surface area contributed by atoms with E-state index < -0.39 is 0 Å². The van der Waals surface area contributed by atoms with E-state index in [2.05, 4.69) is 63.2 Å².